The summed E-state index contributed by atoms with van der Waals surface area (Å²) in [5.74, 6) is 2.36. The molecule has 0 saturated carbocycles. The van der Waals surface area contributed by atoms with E-state index in [2.05, 4.69) is 39.1 Å². The summed E-state index contributed by atoms with van der Waals surface area (Å²) in [5.41, 5.74) is 1.22. The van der Waals surface area contributed by atoms with Crippen LogP contribution in [0.25, 0.3) is 0 Å². The highest BCUT2D eigenvalue weighted by Crippen LogP contribution is 2.20. The summed E-state index contributed by atoms with van der Waals surface area (Å²) >= 11 is 0. The average molecular weight is 424 g/mol. The van der Waals surface area contributed by atoms with Crippen molar-refractivity contribution in [2.24, 2.45) is 4.99 Å². The molecule has 0 aromatic heterocycles. The maximum absolute atomic E-state index is 11.5. The van der Waals surface area contributed by atoms with Gasteiger partial charge in [-0.05, 0) is 31.2 Å². The van der Waals surface area contributed by atoms with Gasteiger partial charge in [-0.1, -0.05) is 0 Å². The van der Waals surface area contributed by atoms with E-state index in [1.54, 1.807) is 7.11 Å². The van der Waals surface area contributed by atoms with Gasteiger partial charge in [0.2, 0.25) is 0 Å². The van der Waals surface area contributed by atoms with Crippen LogP contribution in [0.4, 0.5) is 5.69 Å². The maximum atomic E-state index is 11.5. The second-order valence-corrected chi connectivity index (χ2v) is 9.70. The second-order valence-electron chi connectivity index (χ2n) is 7.40. The monoisotopic (exact) mass is 423 g/mol. The van der Waals surface area contributed by atoms with Gasteiger partial charge < -0.3 is 19.9 Å². The molecule has 1 aromatic carbocycles. The highest BCUT2D eigenvalue weighted by atomic mass is 32.2. The number of benzene rings is 1. The Morgan fingerprint density at radius 3 is 2.31 bits per heavy atom. The highest BCUT2D eigenvalue weighted by molar-refractivity contribution is 7.91. The molecule has 3 rings (SSSR count). The van der Waals surface area contributed by atoms with Crippen LogP contribution >= 0.6 is 0 Å². The van der Waals surface area contributed by atoms with Crippen LogP contribution in [0.2, 0.25) is 0 Å². The zero-order chi connectivity index (χ0) is 20.7. The zero-order valence-corrected chi connectivity index (χ0v) is 18.3. The number of methoxy groups -OCH3 is 1. The summed E-state index contributed by atoms with van der Waals surface area (Å²) < 4.78 is 28.3. The number of guanidine groups is 1. The Labute approximate surface area is 174 Å². The molecule has 0 radical (unpaired) electrons. The van der Waals surface area contributed by atoms with E-state index in [0.717, 1.165) is 51.0 Å². The van der Waals surface area contributed by atoms with Gasteiger partial charge in [0.05, 0.1) is 25.2 Å². The van der Waals surface area contributed by atoms with E-state index in [9.17, 15) is 8.42 Å². The number of piperazine rings is 1. The van der Waals surface area contributed by atoms with Gasteiger partial charge in [0, 0.05) is 58.0 Å². The van der Waals surface area contributed by atoms with Crippen molar-refractivity contribution in [3.63, 3.8) is 0 Å². The highest BCUT2D eigenvalue weighted by Gasteiger charge is 2.22. The van der Waals surface area contributed by atoms with Gasteiger partial charge >= 0.3 is 0 Å². The Morgan fingerprint density at radius 2 is 1.72 bits per heavy atom. The molecule has 0 spiro atoms. The van der Waals surface area contributed by atoms with Gasteiger partial charge in [-0.2, -0.15) is 0 Å². The molecule has 2 fully saturated rings. The van der Waals surface area contributed by atoms with Crippen LogP contribution in [0.15, 0.2) is 29.3 Å². The van der Waals surface area contributed by atoms with Crippen LogP contribution < -0.4 is 15.0 Å². The van der Waals surface area contributed by atoms with Gasteiger partial charge in [0.1, 0.15) is 5.75 Å². The normalized spacial score (nSPS) is 20.6. The van der Waals surface area contributed by atoms with Gasteiger partial charge in [0.25, 0.3) is 0 Å². The lowest BCUT2D eigenvalue weighted by Crippen LogP contribution is -2.52. The fraction of sp³-hybridized carbons (Fsp3) is 0.650. The second kappa shape index (κ2) is 10.2. The molecule has 8 nitrogen and oxygen atoms in total. The van der Waals surface area contributed by atoms with Crippen LogP contribution in [0.3, 0.4) is 0 Å². The van der Waals surface area contributed by atoms with E-state index in [1.165, 1.54) is 5.69 Å². The topological polar surface area (TPSA) is 77.5 Å². The Kier molecular flexibility index (Phi) is 7.60. The van der Waals surface area contributed by atoms with E-state index < -0.39 is 9.84 Å². The van der Waals surface area contributed by atoms with Gasteiger partial charge in [-0.25, -0.2) is 8.42 Å². The molecule has 2 heterocycles. The number of anilines is 1. The minimum atomic E-state index is -2.82. The number of rotatable bonds is 6. The predicted octanol–water partition coefficient (Wildman–Crippen LogP) is 0.513. The van der Waals surface area contributed by atoms with Crippen LogP contribution in [-0.4, -0.2) is 102 Å². The summed E-state index contributed by atoms with van der Waals surface area (Å²) in [6.07, 6.45) is 0. The van der Waals surface area contributed by atoms with E-state index in [-0.39, 0.29) is 11.5 Å². The van der Waals surface area contributed by atoms with E-state index in [1.807, 2.05) is 12.1 Å². The SMILES string of the molecule is CCNC(=NCCN1CCS(=O)(=O)CC1)N1CCN(c2ccc(OC)cc2)CC1. The molecule has 1 N–H and O–H groups in total. The fourth-order valence-electron chi connectivity index (χ4n) is 3.67. The first-order valence-corrected chi connectivity index (χ1v) is 12.2. The number of hydrogen-bond donors (Lipinski definition) is 1. The van der Waals surface area contributed by atoms with Crippen LogP contribution in [0.5, 0.6) is 5.75 Å². The molecule has 0 aliphatic carbocycles. The van der Waals surface area contributed by atoms with Crippen molar-refractivity contribution in [1.29, 1.82) is 0 Å². The smallest absolute Gasteiger partial charge is 0.194 e. The first kappa shape index (κ1) is 21.7. The minimum absolute atomic E-state index is 0.268. The number of hydrogen-bond acceptors (Lipinski definition) is 6. The molecule has 0 amide bonds. The van der Waals surface area contributed by atoms with Crippen LogP contribution in [0.1, 0.15) is 6.92 Å². The summed E-state index contributed by atoms with van der Waals surface area (Å²) in [7, 11) is -1.14. The van der Waals surface area contributed by atoms with E-state index in [0.29, 0.717) is 19.6 Å². The van der Waals surface area contributed by atoms with Crippen molar-refractivity contribution in [2.75, 3.05) is 82.4 Å². The first-order chi connectivity index (χ1) is 14.0. The molecule has 0 bridgehead atoms. The van der Waals surface area contributed by atoms with Crippen molar-refractivity contribution >= 4 is 21.5 Å². The number of ether oxygens (including phenoxy) is 1. The number of nitrogens with one attached hydrogen (secondary N) is 1. The Hall–Kier alpha value is -2.00. The van der Waals surface area contributed by atoms with Crippen molar-refractivity contribution in [1.82, 2.24) is 15.1 Å². The Morgan fingerprint density at radius 1 is 1.07 bits per heavy atom. The molecule has 2 saturated heterocycles. The molecule has 1 aromatic rings. The van der Waals surface area contributed by atoms with Gasteiger partial charge in [-0.15, -0.1) is 0 Å². The third kappa shape index (κ3) is 6.24. The number of nitrogens with zero attached hydrogens (tertiary/aromatic N) is 4. The molecule has 0 unspecified atom stereocenters. The van der Waals surface area contributed by atoms with Crippen LogP contribution in [-0.2, 0) is 9.84 Å². The molecule has 0 atom stereocenters. The van der Waals surface area contributed by atoms with Gasteiger partial charge in [-0.3, -0.25) is 9.89 Å². The first-order valence-electron chi connectivity index (χ1n) is 10.4. The van der Waals surface area contributed by atoms with Crippen molar-refractivity contribution in [3.05, 3.63) is 24.3 Å². The molecular formula is C20H33N5O3S. The lowest BCUT2D eigenvalue weighted by molar-refractivity contribution is 0.302. The van der Waals surface area contributed by atoms with Crippen molar-refractivity contribution in [2.45, 2.75) is 6.92 Å². The lowest BCUT2D eigenvalue weighted by atomic mass is 10.2. The summed E-state index contributed by atoms with van der Waals surface area (Å²) in [5, 5.41) is 3.40. The predicted molar refractivity (Wildman–Crippen MR) is 118 cm³/mol. The lowest BCUT2D eigenvalue weighted by Gasteiger charge is -2.37. The van der Waals surface area contributed by atoms with E-state index >= 15 is 0 Å². The van der Waals surface area contributed by atoms with E-state index in [4.69, 9.17) is 9.73 Å². The number of aliphatic imine (C=N–C) groups is 1. The van der Waals surface area contributed by atoms with Crippen molar-refractivity contribution < 1.29 is 13.2 Å². The third-order valence-corrected chi connectivity index (χ3v) is 7.08. The molecular weight excluding hydrogens is 390 g/mol. The largest absolute Gasteiger partial charge is 0.497 e. The molecule has 162 valence electrons. The minimum Gasteiger partial charge on any atom is -0.497 e. The quantitative estimate of drug-likeness (QED) is 0.528. The maximum Gasteiger partial charge on any atom is 0.194 e. The summed E-state index contributed by atoms with van der Waals surface area (Å²) in [6.45, 7) is 9.36. The fourth-order valence-corrected chi connectivity index (χ4v) is 4.94. The summed E-state index contributed by atoms with van der Waals surface area (Å²) in [6, 6.07) is 8.21. The Bertz CT molecular complexity index is 760. The van der Waals surface area contributed by atoms with Crippen molar-refractivity contribution in [3.8, 4) is 5.75 Å². The molecule has 2 aliphatic rings. The molecule has 2 aliphatic heterocycles. The number of sulfone groups is 1. The zero-order valence-electron chi connectivity index (χ0n) is 17.5. The standard InChI is InChI=1S/C20H33N5O3S/c1-3-21-20(22-8-9-23-14-16-29(26,27)17-15-23)25-12-10-24(11-13-25)18-4-6-19(28-2)7-5-18/h4-7H,3,8-17H2,1-2H3,(H,21,22). The third-order valence-electron chi connectivity index (χ3n) is 5.47. The Balaban J connectivity index is 1.49. The van der Waals surface area contributed by atoms with Crippen LogP contribution in [0, 0.1) is 0 Å². The summed E-state index contributed by atoms with van der Waals surface area (Å²) in [4.78, 5) is 11.7. The van der Waals surface area contributed by atoms with Gasteiger partial charge in [0.15, 0.2) is 15.8 Å². The molecule has 9 heteroatoms. The molecule has 29 heavy (non-hydrogen) atoms. The average Bonchev–Trinajstić information content (AvgIpc) is 2.74.